The number of hydrogen-bond donors (Lipinski definition) is 1. The quantitative estimate of drug-likeness (QED) is 0.427. The van der Waals surface area contributed by atoms with Crippen molar-refractivity contribution >= 4 is 32.6 Å². The number of fused-ring (bicyclic) bond motifs is 3. The van der Waals surface area contributed by atoms with Crippen LogP contribution in [-0.2, 0) is 22.9 Å². The lowest BCUT2D eigenvalue weighted by Crippen LogP contribution is -2.53. The molecule has 1 saturated heterocycles. The first-order chi connectivity index (χ1) is 18.3. The Hall–Kier alpha value is -2.91. The molecule has 9 heteroatoms. The van der Waals surface area contributed by atoms with Crippen LogP contribution in [0.3, 0.4) is 0 Å². The number of likely N-dealkylation sites (tertiary alicyclic amines) is 1. The third-order valence-electron chi connectivity index (χ3n) is 7.95. The van der Waals surface area contributed by atoms with Gasteiger partial charge in [0, 0.05) is 37.8 Å². The predicted molar refractivity (Wildman–Crippen MR) is 162 cm³/mol. The highest BCUT2D eigenvalue weighted by molar-refractivity contribution is 7.91. The Morgan fingerprint density at radius 1 is 1.10 bits per heavy atom. The fourth-order valence-corrected chi connectivity index (χ4v) is 6.74. The van der Waals surface area contributed by atoms with Gasteiger partial charge in [-0.05, 0) is 70.3 Å². The van der Waals surface area contributed by atoms with E-state index in [1.54, 1.807) is 11.1 Å². The van der Waals surface area contributed by atoms with Crippen molar-refractivity contribution in [2.75, 3.05) is 31.3 Å². The number of nitrogens with one attached hydrogen (secondary N) is 1. The molecule has 214 valence electrons. The van der Waals surface area contributed by atoms with Crippen LogP contribution in [-0.4, -0.2) is 71.4 Å². The zero-order chi connectivity index (χ0) is 28.7. The molecule has 0 saturated carbocycles. The number of nitrogens with zero attached hydrogens (tertiary/aromatic N) is 4. The number of aromatic amines is 1. The Morgan fingerprint density at radius 3 is 2.28 bits per heavy atom. The SMILES string of the molecule is CC.Cc1c(-c2ccc(CN3CCC(S(C)(=O)=O)CC3)cc2)[nH]c2ncc3c(c12)CN(C(C)(C)C)C(=O)N3C.[HH]. The molecule has 0 radical (unpaired) electrons. The number of hydrogen-bond acceptors (Lipinski definition) is 5. The van der Waals surface area contributed by atoms with Crippen LogP contribution in [0, 0.1) is 6.92 Å². The summed E-state index contributed by atoms with van der Waals surface area (Å²) in [5.41, 5.74) is 7.01. The van der Waals surface area contributed by atoms with Gasteiger partial charge >= 0.3 is 6.03 Å². The maximum atomic E-state index is 13.0. The lowest BCUT2D eigenvalue weighted by Gasteiger charge is -2.42. The Morgan fingerprint density at radius 2 is 1.72 bits per heavy atom. The number of rotatable bonds is 4. The molecule has 0 bridgehead atoms. The van der Waals surface area contributed by atoms with Gasteiger partial charge in [0.25, 0.3) is 0 Å². The third-order valence-corrected chi connectivity index (χ3v) is 9.63. The highest BCUT2D eigenvalue weighted by Gasteiger charge is 2.36. The van der Waals surface area contributed by atoms with E-state index in [-0.39, 0.29) is 18.2 Å². The van der Waals surface area contributed by atoms with Crippen molar-refractivity contribution in [3.05, 3.63) is 47.2 Å². The fourth-order valence-electron chi connectivity index (χ4n) is 5.68. The molecule has 39 heavy (non-hydrogen) atoms. The van der Waals surface area contributed by atoms with Crippen LogP contribution in [0.25, 0.3) is 22.3 Å². The molecule has 1 N–H and O–H groups in total. The van der Waals surface area contributed by atoms with Crippen molar-refractivity contribution in [2.45, 2.75) is 78.3 Å². The van der Waals surface area contributed by atoms with E-state index in [2.05, 4.69) is 66.8 Å². The second-order valence-corrected chi connectivity index (χ2v) is 13.9. The molecule has 2 aliphatic heterocycles. The maximum Gasteiger partial charge on any atom is 0.325 e. The van der Waals surface area contributed by atoms with E-state index in [9.17, 15) is 13.2 Å². The van der Waals surface area contributed by atoms with Gasteiger partial charge in [-0.25, -0.2) is 18.2 Å². The van der Waals surface area contributed by atoms with Gasteiger partial charge in [0.15, 0.2) is 0 Å². The lowest BCUT2D eigenvalue weighted by molar-refractivity contribution is 0.143. The van der Waals surface area contributed by atoms with Gasteiger partial charge in [-0.3, -0.25) is 9.80 Å². The zero-order valence-corrected chi connectivity index (χ0v) is 25.4. The molecule has 1 aromatic carbocycles. The van der Waals surface area contributed by atoms with Crippen LogP contribution in [0.5, 0.6) is 0 Å². The summed E-state index contributed by atoms with van der Waals surface area (Å²) in [5, 5.41) is 0.878. The molecule has 0 unspecified atom stereocenters. The number of aromatic nitrogens is 2. The number of benzene rings is 1. The number of aryl methyl sites for hydroxylation is 1. The second-order valence-electron chi connectivity index (χ2n) is 11.6. The van der Waals surface area contributed by atoms with Crippen molar-refractivity contribution in [3.8, 4) is 11.3 Å². The fraction of sp³-hybridized carbons (Fsp3) is 0.533. The van der Waals surface area contributed by atoms with Crippen molar-refractivity contribution in [2.24, 2.45) is 0 Å². The molecule has 1 fully saturated rings. The summed E-state index contributed by atoms with van der Waals surface area (Å²) in [7, 11) is -1.14. The Bertz CT molecular complexity index is 1450. The van der Waals surface area contributed by atoms with E-state index in [0.29, 0.717) is 19.4 Å². The molecule has 4 heterocycles. The zero-order valence-electron chi connectivity index (χ0n) is 24.6. The summed E-state index contributed by atoms with van der Waals surface area (Å²) in [6, 6.07) is 8.57. The first-order valence-corrected chi connectivity index (χ1v) is 15.9. The van der Waals surface area contributed by atoms with E-state index in [0.717, 1.165) is 58.7 Å². The number of carbonyl (C=O) groups is 1. The van der Waals surface area contributed by atoms with E-state index < -0.39 is 9.84 Å². The van der Waals surface area contributed by atoms with E-state index >= 15 is 0 Å². The van der Waals surface area contributed by atoms with Gasteiger partial charge in [-0.2, -0.15) is 0 Å². The minimum absolute atomic E-state index is 0. The minimum Gasteiger partial charge on any atom is -0.339 e. The Kier molecular flexibility index (Phi) is 8.15. The first-order valence-electron chi connectivity index (χ1n) is 13.9. The molecule has 2 aliphatic rings. The highest BCUT2D eigenvalue weighted by atomic mass is 32.2. The van der Waals surface area contributed by atoms with E-state index in [1.807, 2.05) is 25.8 Å². The lowest BCUT2D eigenvalue weighted by atomic mass is 9.98. The number of sulfone groups is 1. The molecule has 0 aliphatic carbocycles. The van der Waals surface area contributed by atoms with Crippen LogP contribution in [0.1, 0.15) is 65.6 Å². The van der Waals surface area contributed by atoms with Crippen molar-refractivity contribution in [1.82, 2.24) is 19.8 Å². The topological polar surface area (TPSA) is 89.6 Å². The number of amides is 2. The molecule has 5 rings (SSSR count). The number of H-pyrrole nitrogens is 1. The average Bonchev–Trinajstić information content (AvgIpc) is 3.23. The molecule has 3 aromatic rings. The number of anilines is 1. The Labute approximate surface area is 234 Å². The molecule has 2 aromatic heterocycles. The summed E-state index contributed by atoms with van der Waals surface area (Å²) in [6.45, 7) is 15.3. The number of pyridine rings is 1. The Balaban J connectivity index is 0.00000144. The van der Waals surface area contributed by atoms with Crippen LogP contribution < -0.4 is 4.90 Å². The number of urea groups is 1. The van der Waals surface area contributed by atoms with Crippen molar-refractivity contribution in [1.29, 1.82) is 0 Å². The van der Waals surface area contributed by atoms with Gasteiger partial charge in [0.05, 0.1) is 29.4 Å². The molecule has 0 spiro atoms. The normalized spacial score (nSPS) is 17.3. The molecule has 2 amide bonds. The van der Waals surface area contributed by atoms with Crippen molar-refractivity contribution < 1.29 is 14.6 Å². The minimum atomic E-state index is -2.95. The van der Waals surface area contributed by atoms with Gasteiger partial charge in [0.2, 0.25) is 0 Å². The predicted octanol–water partition coefficient (Wildman–Crippen LogP) is 5.99. The molecular formula is C30H45N5O3S. The summed E-state index contributed by atoms with van der Waals surface area (Å²) in [4.78, 5) is 27.2. The van der Waals surface area contributed by atoms with E-state index in [4.69, 9.17) is 0 Å². The monoisotopic (exact) mass is 555 g/mol. The van der Waals surface area contributed by atoms with Crippen LogP contribution in [0.4, 0.5) is 10.5 Å². The number of piperidine rings is 1. The largest absolute Gasteiger partial charge is 0.339 e. The summed E-state index contributed by atoms with van der Waals surface area (Å²) in [5.74, 6) is 0. The molecular weight excluding hydrogens is 510 g/mol. The molecule has 0 atom stereocenters. The average molecular weight is 556 g/mol. The van der Waals surface area contributed by atoms with Crippen LogP contribution >= 0.6 is 0 Å². The van der Waals surface area contributed by atoms with E-state index in [1.165, 1.54) is 11.8 Å². The third kappa shape index (κ3) is 5.70. The van der Waals surface area contributed by atoms with Gasteiger partial charge in [-0.15, -0.1) is 0 Å². The summed E-state index contributed by atoms with van der Waals surface area (Å²) >= 11 is 0. The maximum absolute atomic E-state index is 13.0. The van der Waals surface area contributed by atoms with Crippen LogP contribution in [0.15, 0.2) is 30.5 Å². The highest BCUT2D eigenvalue weighted by Crippen LogP contribution is 2.39. The van der Waals surface area contributed by atoms with Gasteiger partial charge in [-0.1, -0.05) is 38.1 Å². The van der Waals surface area contributed by atoms with Gasteiger partial charge in [0.1, 0.15) is 15.5 Å². The van der Waals surface area contributed by atoms with Crippen LogP contribution in [0.2, 0.25) is 0 Å². The standard InChI is InChI=1S/C28H37N5O3S.C2H6.H2/c1-18-24-22-17-33(28(2,3)4)27(34)31(5)23(22)15-29-26(24)30-25(18)20-9-7-19(8-10-20)16-32-13-11-21(12-14-32)37(6,35)36;1-2;/h7-10,15,21H,11-14,16-17H2,1-6H3,(H,29,30);1-2H3;1H. The first kappa shape index (κ1) is 29.1. The van der Waals surface area contributed by atoms with Gasteiger partial charge < -0.3 is 9.88 Å². The summed E-state index contributed by atoms with van der Waals surface area (Å²) in [6.07, 6.45) is 4.55. The smallest absolute Gasteiger partial charge is 0.325 e. The van der Waals surface area contributed by atoms with Crippen molar-refractivity contribution in [3.63, 3.8) is 0 Å². The number of carbonyl (C=O) groups excluding carboxylic acids is 1. The molecule has 8 nitrogen and oxygen atoms in total. The summed E-state index contributed by atoms with van der Waals surface area (Å²) < 4.78 is 23.7. The second kappa shape index (κ2) is 10.9.